The Bertz CT molecular complexity index is 697. The summed E-state index contributed by atoms with van der Waals surface area (Å²) in [5.74, 6) is -1.03. The minimum absolute atomic E-state index is 0.0771. The first kappa shape index (κ1) is 14.5. The molecule has 2 aliphatic heterocycles. The first-order valence-corrected chi connectivity index (χ1v) is 7.92. The van der Waals surface area contributed by atoms with Gasteiger partial charge in [-0.2, -0.15) is 0 Å². The van der Waals surface area contributed by atoms with Crippen LogP contribution in [0.1, 0.15) is 24.8 Å². The summed E-state index contributed by atoms with van der Waals surface area (Å²) in [5.41, 5.74) is 6.21. The van der Waals surface area contributed by atoms with E-state index in [0.29, 0.717) is 18.0 Å². The second-order valence-electron chi connectivity index (χ2n) is 6.03. The molecule has 3 aliphatic rings. The highest BCUT2D eigenvalue weighted by Crippen LogP contribution is 2.37. The van der Waals surface area contributed by atoms with E-state index >= 15 is 0 Å². The highest BCUT2D eigenvalue weighted by atomic mass is 19.1. The van der Waals surface area contributed by atoms with Crippen LogP contribution in [0.25, 0.3) is 5.57 Å². The van der Waals surface area contributed by atoms with Gasteiger partial charge < -0.3 is 10.2 Å². The van der Waals surface area contributed by atoms with Crippen molar-refractivity contribution in [3.8, 4) is 0 Å². The van der Waals surface area contributed by atoms with Crippen molar-refractivity contribution in [1.82, 2.24) is 10.4 Å². The number of halogens is 2. The van der Waals surface area contributed by atoms with Crippen molar-refractivity contribution in [1.29, 1.82) is 0 Å². The van der Waals surface area contributed by atoms with Crippen LogP contribution in [0.15, 0.2) is 47.8 Å². The van der Waals surface area contributed by atoms with Gasteiger partial charge in [0.2, 0.25) is 0 Å². The lowest BCUT2D eigenvalue weighted by Gasteiger charge is -2.34. The molecule has 5 heteroatoms. The molecule has 0 spiro atoms. The Hall–Kier alpha value is -2.14. The molecule has 0 saturated carbocycles. The monoisotopic (exact) mass is 316 g/mol. The summed E-state index contributed by atoms with van der Waals surface area (Å²) in [5, 5.41) is 2.16. The van der Waals surface area contributed by atoms with E-state index in [-0.39, 0.29) is 5.56 Å². The zero-order chi connectivity index (χ0) is 15.8. The first-order chi connectivity index (χ1) is 11.2. The molecule has 1 aromatic rings. The van der Waals surface area contributed by atoms with Crippen molar-refractivity contribution in [3.05, 3.63) is 65.0 Å². The zero-order valence-electron chi connectivity index (χ0n) is 12.7. The largest absolute Gasteiger partial charge is 0.381 e. The molecule has 3 nitrogen and oxygen atoms in total. The molecule has 1 saturated heterocycles. The Morgan fingerprint density at radius 3 is 2.52 bits per heavy atom. The fraction of sp³-hybridized carbons (Fsp3) is 0.333. The molecule has 0 atom stereocenters. The predicted octanol–water partition coefficient (Wildman–Crippen LogP) is 3.52. The summed E-state index contributed by atoms with van der Waals surface area (Å²) in [7, 11) is 0. The lowest BCUT2D eigenvalue weighted by Crippen LogP contribution is -2.42. The van der Waals surface area contributed by atoms with Crippen molar-refractivity contribution < 1.29 is 13.5 Å². The van der Waals surface area contributed by atoms with Gasteiger partial charge in [0.15, 0.2) is 0 Å². The number of fused-ring (bicyclic) bond motifs is 1. The maximum absolute atomic E-state index is 14.0. The number of nitrogens with zero attached hydrogens (tertiary/aromatic N) is 1. The second kappa shape index (κ2) is 5.81. The third kappa shape index (κ3) is 2.55. The predicted molar refractivity (Wildman–Crippen MR) is 83.9 cm³/mol. The zero-order valence-corrected chi connectivity index (χ0v) is 12.7. The standard InChI is InChI=1S/C18H18F2N2O/c19-15-2-1-3-16(20)18(15)12-4-5-17-13(10-12)11-21-22(17)14-6-8-23-9-7-14/h1-5,11,14,21H,6-10H2. The molecule has 23 heavy (non-hydrogen) atoms. The van der Waals surface area contributed by atoms with Gasteiger partial charge in [0, 0.05) is 31.4 Å². The van der Waals surface area contributed by atoms with Crippen molar-refractivity contribution in [2.45, 2.75) is 25.3 Å². The third-order valence-electron chi connectivity index (χ3n) is 4.63. The summed E-state index contributed by atoms with van der Waals surface area (Å²) in [6.07, 6.45) is 8.19. The molecular formula is C18H18F2N2O. The highest BCUT2D eigenvalue weighted by molar-refractivity contribution is 5.73. The Kier molecular flexibility index (Phi) is 3.65. The number of allylic oxidation sites excluding steroid dienone is 4. The van der Waals surface area contributed by atoms with Crippen LogP contribution in [-0.4, -0.2) is 24.3 Å². The van der Waals surface area contributed by atoms with Crippen LogP contribution in [0.5, 0.6) is 0 Å². The van der Waals surface area contributed by atoms with E-state index in [4.69, 9.17) is 4.74 Å². The van der Waals surface area contributed by atoms with Gasteiger partial charge >= 0.3 is 0 Å². The molecule has 1 fully saturated rings. The van der Waals surface area contributed by atoms with Gasteiger partial charge in [-0.05, 0) is 42.2 Å². The van der Waals surface area contributed by atoms with Gasteiger partial charge in [0.1, 0.15) is 11.6 Å². The van der Waals surface area contributed by atoms with E-state index in [9.17, 15) is 8.78 Å². The number of rotatable bonds is 2. The van der Waals surface area contributed by atoms with Gasteiger partial charge in [0.25, 0.3) is 0 Å². The number of ether oxygens (including phenoxy) is 1. The summed E-state index contributed by atoms with van der Waals surface area (Å²) in [6, 6.07) is 4.38. The maximum Gasteiger partial charge on any atom is 0.133 e. The van der Waals surface area contributed by atoms with Gasteiger partial charge in [-0.3, -0.25) is 5.01 Å². The van der Waals surface area contributed by atoms with Gasteiger partial charge in [-0.15, -0.1) is 0 Å². The van der Waals surface area contributed by atoms with Crippen molar-refractivity contribution in [3.63, 3.8) is 0 Å². The Morgan fingerprint density at radius 2 is 1.78 bits per heavy atom. The van der Waals surface area contributed by atoms with E-state index in [1.54, 1.807) is 0 Å². The average Bonchev–Trinajstić information content (AvgIpc) is 2.99. The second-order valence-corrected chi connectivity index (χ2v) is 6.03. The lowest BCUT2D eigenvalue weighted by molar-refractivity contribution is 0.0387. The molecule has 0 bridgehead atoms. The van der Waals surface area contributed by atoms with Crippen molar-refractivity contribution in [2.75, 3.05) is 13.2 Å². The summed E-state index contributed by atoms with van der Waals surface area (Å²) >= 11 is 0. The summed E-state index contributed by atoms with van der Waals surface area (Å²) < 4.78 is 33.4. The lowest BCUT2D eigenvalue weighted by atomic mass is 9.91. The molecule has 0 aromatic heterocycles. The van der Waals surface area contributed by atoms with Crippen LogP contribution >= 0.6 is 0 Å². The molecule has 2 heterocycles. The smallest absolute Gasteiger partial charge is 0.133 e. The minimum atomic E-state index is -0.513. The van der Waals surface area contributed by atoms with Crippen LogP contribution in [0, 0.1) is 11.6 Å². The number of nitrogens with one attached hydrogen (secondary N) is 1. The summed E-state index contributed by atoms with van der Waals surface area (Å²) in [6.45, 7) is 1.54. The van der Waals surface area contributed by atoms with Gasteiger partial charge in [-0.25, -0.2) is 8.78 Å². The van der Waals surface area contributed by atoms with E-state index in [1.807, 2.05) is 18.4 Å². The number of benzene rings is 1. The Morgan fingerprint density at radius 1 is 1.04 bits per heavy atom. The molecular weight excluding hydrogens is 298 g/mol. The molecule has 0 radical (unpaired) electrons. The molecule has 4 rings (SSSR count). The van der Waals surface area contributed by atoms with Crippen LogP contribution < -0.4 is 5.43 Å². The fourth-order valence-electron chi connectivity index (χ4n) is 3.44. The average molecular weight is 316 g/mol. The maximum atomic E-state index is 14.0. The van der Waals surface area contributed by atoms with Crippen LogP contribution in [0.3, 0.4) is 0 Å². The number of hydrogen-bond acceptors (Lipinski definition) is 3. The number of hydrogen-bond donors (Lipinski definition) is 1. The van der Waals surface area contributed by atoms with Crippen molar-refractivity contribution in [2.24, 2.45) is 0 Å². The van der Waals surface area contributed by atoms with E-state index in [2.05, 4.69) is 10.4 Å². The molecule has 1 aliphatic carbocycles. The van der Waals surface area contributed by atoms with Crippen LogP contribution in [0.2, 0.25) is 0 Å². The SMILES string of the molecule is Fc1cccc(F)c1C1=CC=C2C(=CNN2C2CCOCC2)C1. The normalized spacial score (nSPS) is 21.3. The number of hydrazine groups is 1. The van der Waals surface area contributed by atoms with E-state index in [1.165, 1.54) is 18.2 Å². The van der Waals surface area contributed by atoms with Gasteiger partial charge in [-0.1, -0.05) is 12.1 Å². The van der Waals surface area contributed by atoms with E-state index < -0.39 is 11.6 Å². The van der Waals surface area contributed by atoms with Crippen LogP contribution in [-0.2, 0) is 4.74 Å². The Balaban J connectivity index is 1.63. The van der Waals surface area contributed by atoms with Crippen LogP contribution in [0.4, 0.5) is 8.78 Å². The fourth-order valence-corrected chi connectivity index (χ4v) is 3.44. The minimum Gasteiger partial charge on any atom is -0.381 e. The molecule has 1 N–H and O–H groups in total. The van der Waals surface area contributed by atoms with Gasteiger partial charge in [0.05, 0.1) is 11.7 Å². The quantitative estimate of drug-likeness (QED) is 0.903. The highest BCUT2D eigenvalue weighted by Gasteiger charge is 2.30. The van der Waals surface area contributed by atoms with Crippen molar-refractivity contribution >= 4 is 5.57 Å². The first-order valence-electron chi connectivity index (χ1n) is 7.92. The molecule has 0 amide bonds. The molecule has 1 aromatic carbocycles. The molecule has 0 unspecified atom stereocenters. The van der Waals surface area contributed by atoms with E-state index in [0.717, 1.165) is 37.3 Å². The Labute approximate surface area is 133 Å². The molecule has 120 valence electrons. The topological polar surface area (TPSA) is 24.5 Å². The third-order valence-corrected chi connectivity index (χ3v) is 4.63. The summed E-state index contributed by atoms with van der Waals surface area (Å²) in [4.78, 5) is 0.